The Bertz CT molecular complexity index is 502. The van der Waals surface area contributed by atoms with Crippen molar-refractivity contribution in [3.63, 3.8) is 0 Å². The summed E-state index contributed by atoms with van der Waals surface area (Å²) >= 11 is 0. The second kappa shape index (κ2) is 9.07. The highest BCUT2D eigenvalue weighted by Crippen LogP contribution is 2.24. The van der Waals surface area contributed by atoms with Crippen molar-refractivity contribution in [1.82, 2.24) is 10.2 Å². The standard InChI is InChI=1S/C20H32N2O2/c1-15(2)12-19-10-7-11-22(19)20(24)21-14-18(13-16(3)23)17-8-5-4-6-9-17/h4-6,8-9,15-16,18-19,23H,7,10-14H2,1-3H3,(H,21,24). The lowest BCUT2D eigenvalue weighted by Crippen LogP contribution is -2.44. The number of aliphatic hydroxyl groups is 1. The average Bonchev–Trinajstić information content (AvgIpc) is 2.99. The van der Waals surface area contributed by atoms with Crippen molar-refractivity contribution in [2.24, 2.45) is 5.92 Å². The summed E-state index contributed by atoms with van der Waals surface area (Å²) in [6.45, 7) is 7.65. The smallest absolute Gasteiger partial charge is 0.317 e. The molecular weight excluding hydrogens is 300 g/mol. The number of benzene rings is 1. The van der Waals surface area contributed by atoms with Crippen LogP contribution in [0.4, 0.5) is 4.79 Å². The third-order valence-corrected chi connectivity index (χ3v) is 4.78. The number of nitrogens with one attached hydrogen (secondary N) is 1. The van der Waals surface area contributed by atoms with Crippen LogP contribution in [-0.2, 0) is 0 Å². The van der Waals surface area contributed by atoms with E-state index in [1.54, 1.807) is 6.92 Å². The molecule has 0 spiro atoms. The maximum atomic E-state index is 12.6. The summed E-state index contributed by atoms with van der Waals surface area (Å²) in [4.78, 5) is 14.6. The molecule has 0 saturated carbocycles. The third-order valence-electron chi connectivity index (χ3n) is 4.78. The molecule has 0 radical (unpaired) electrons. The molecular formula is C20H32N2O2. The number of amides is 2. The molecule has 4 heteroatoms. The van der Waals surface area contributed by atoms with Crippen molar-refractivity contribution < 1.29 is 9.90 Å². The van der Waals surface area contributed by atoms with Gasteiger partial charge in [0.15, 0.2) is 0 Å². The van der Waals surface area contributed by atoms with Crippen LogP contribution < -0.4 is 5.32 Å². The molecule has 2 N–H and O–H groups in total. The number of rotatable bonds is 7. The van der Waals surface area contributed by atoms with Crippen LogP contribution in [0, 0.1) is 5.92 Å². The summed E-state index contributed by atoms with van der Waals surface area (Å²) in [5.41, 5.74) is 1.17. The zero-order valence-corrected chi connectivity index (χ0v) is 15.2. The molecule has 0 aliphatic carbocycles. The Morgan fingerprint density at radius 3 is 2.62 bits per heavy atom. The van der Waals surface area contributed by atoms with Crippen LogP contribution in [0.2, 0.25) is 0 Å². The van der Waals surface area contributed by atoms with E-state index >= 15 is 0 Å². The maximum absolute atomic E-state index is 12.6. The van der Waals surface area contributed by atoms with Gasteiger partial charge in [0.2, 0.25) is 0 Å². The normalized spacial score (nSPS) is 20.2. The van der Waals surface area contributed by atoms with E-state index in [2.05, 4.69) is 31.3 Å². The number of carbonyl (C=O) groups is 1. The maximum Gasteiger partial charge on any atom is 0.317 e. The topological polar surface area (TPSA) is 52.6 Å². The van der Waals surface area contributed by atoms with Gasteiger partial charge in [-0.3, -0.25) is 0 Å². The molecule has 1 heterocycles. The molecule has 3 atom stereocenters. The fourth-order valence-corrected chi connectivity index (χ4v) is 3.68. The molecule has 4 nitrogen and oxygen atoms in total. The largest absolute Gasteiger partial charge is 0.393 e. The van der Waals surface area contributed by atoms with Crippen molar-refractivity contribution in [3.05, 3.63) is 35.9 Å². The fraction of sp³-hybridized carbons (Fsp3) is 0.650. The van der Waals surface area contributed by atoms with Gasteiger partial charge in [-0.15, -0.1) is 0 Å². The van der Waals surface area contributed by atoms with Gasteiger partial charge in [-0.2, -0.15) is 0 Å². The van der Waals surface area contributed by atoms with Gasteiger partial charge in [-0.1, -0.05) is 44.2 Å². The Morgan fingerprint density at radius 2 is 2.00 bits per heavy atom. The Kier molecular flexibility index (Phi) is 7.10. The minimum Gasteiger partial charge on any atom is -0.393 e. The molecule has 1 aliphatic rings. The van der Waals surface area contributed by atoms with Crippen molar-refractivity contribution in [3.8, 4) is 0 Å². The van der Waals surface area contributed by atoms with E-state index < -0.39 is 0 Å². The first-order valence-corrected chi connectivity index (χ1v) is 9.24. The number of nitrogens with zero attached hydrogens (tertiary/aromatic N) is 1. The van der Waals surface area contributed by atoms with E-state index in [9.17, 15) is 9.90 Å². The first kappa shape index (κ1) is 18.8. The minimum atomic E-state index is -0.382. The second-order valence-electron chi connectivity index (χ2n) is 7.50. The lowest BCUT2D eigenvalue weighted by Gasteiger charge is -2.28. The Morgan fingerprint density at radius 1 is 1.29 bits per heavy atom. The lowest BCUT2D eigenvalue weighted by molar-refractivity contribution is 0.168. The Balaban J connectivity index is 1.94. The summed E-state index contributed by atoms with van der Waals surface area (Å²) in [6.07, 6.45) is 3.55. The fourth-order valence-electron chi connectivity index (χ4n) is 3.68. The highest BCUT2D eigenvalue weighted by Gasteiger charge is 2.29. The monoisotopic (exact) mass is 332 g/mol. The molecule has 1 aliphatic heterocycles. The molecule has 1 fully saturated rings. The number of aliphatic hydroxyl groups excluding tert-OH is 1. The summed E-state index contributed by atoms with van der Waals surface area (Å²) < 4.78 is 0. The van der Waals surface area contributed by atoms with Crippen LogP contribution in [0.5, 0.6) is 0 Å². The van der Waals surface area contributed by atoms with Crippen LogP contribution in [0.15, 0.2) is 30.3 Å². The molecule has 3 unspecified atom stereocenters. The number of likely N-dealkylation sites (tertiary alicyclic amines) is 1. The number of hydrogen-bond acceptors (Lipinski definition) is 2. The highest BCUT2D eigenvalue weighted by atomic mass is 16.3. The third kappa shape index (κ3) is 5.52. The summed E-state index contributed by atoms with van der Waals surface area (Å²) in [7, 11) is 0. The van der Waals surface area contributed by atoms with Crippen molar-refractivity contribution >= 4 is 6.03 Å². The van der Waals surface area contributed by atoms with Crippen LogP contribution in [0.25, 0.3) is 0 Å². The summed E-state index contributed by atoms with van der Waals surface area (Å²) in [5.74, 6) is 0.747. The van der Waals surface area contributed by atoms with E-state index in [-0.39, 0.29) is 18.1 Å². The van der Waals surface area contributed by atoms with E-state index in [1.807, 2.05) is 23.1 Å². The Hall–Kier alpha value is -1.55. The molecule has 2 amide bonds. The second-order valence-corrected chi connectivity index (χ2v) is 7.50. The molecule has 0 aromatic heterocycles. The molecule has 1 aromatic rings. The van der Waals surface area contributed by atoms with Crippen molar-refractivity contribution in [2.45, 2.75) is 64.5 Å². The molecule has 0 bridgehead atoms. The molecule has 1 aromatic carbocycles. The van der Waals surface area contributed by atoms with Gasteiger partial charge in [0, 0.05) is 25.0 Å². The van der Waals surface area contributed by atoms with Gasteiger partial charge >= 0.3 is 6.03 Å². The lowest BCUT2D eigenvalue weighted by atomic mass is 9.93. The van der Waals surface area contributed by atoms with Crippen LogP contribution in [-0.4, -0.2) is 41.3 Å². The van der Waals surface area contributed by atoms with E-state index in [1.165, 1.54) is 5.56 Å². The molecule has 1 saturated heterocycles. The molecule has 134 valence electrons. The van der Waals surface area contributed by atoms with Gasteiger partial charge in [0.25, 0.3) is 0 Å². The van der Waals surface area contributed by atoms with Gasteiger partial charge in [-0.05, 0) is 44.1 Å². The number of hydrogen-bond donors (Lipinski definition) is 2. The first-order chi connectivity index (χ1) is 11.5. The van der Waals surface area contributed by atoms with Crippen molar-refractivity contribution in [2.75, 3.05) is 13.1 Å². The van der Waals surface area contributed by atoms with Gasteiger partial charge < -0.3 is 15.3 Å². The van der Waals surface area contributed by atoms with E-state index in [0.29, 0.717) is 24.9 Å². The van der Waals surface area contributed by atoms with Gasteiger partial charge in [0.05, 0.1) is 6.10 Å². The van der Waals surface area contributed by atoms with Crippen LogP contribution >= 0.6 is 0 Å². The predicted octanol–water partition coefficient (Wildman–Crippen LogP) is 3.76. The zero-order chi connectivity index (χ0) is 17.5. The molecule has 24 heavy (non-hydrogen) atoms. The number of carbonyl (C=O) groups excluding carboxylic acids is 1. The zero-order valence-electron chi connectivity index (χ0n) is 15.2. The van der Waals surface area contributed by atoms with Crippen LogP contribution in [0.1, 0.15) is 57.9 Å². The average molecular weight is 332 g/mol. The summed E-state index contributed by atoms with van der Waals surface area (Å²) in [6, 6.07) is 10.5. The van der Waals surface area contributed by atoms with Crippen molar-refractivity contribution in [1.29, 1.82) is 0 Å². The van der Waals surface area contributed by atoms with E-state index in [0.717, 1.165) is 25.8 Å². The number of urea groups is 1. The summed E-state index contributed by atoms with van der Waals surface area (Å²) in [5, 5.41) is 12.9. The highest BCUT2D eigenvalue weighted by molar-refractivity contribution is 5.75. The Labute approximate surface area is 146 Å². The first-order valence-electron chi connectivity index (χ1n) is 9.24. The van der Waals surface area contributed by atoms with Gasteiger partial charge in [-0.25, -0.2) is 4.79 Å². The quantitative estimate of drug-likeness (QED) is 0.799. The van der Waals surface area contributed by atoms with E-state index in [4.69, 9.17) is 0 Å². The van der Waals surface area contributed by atoms with Gasteiger partial charge in [0.1, 0.15) is 0 Å². The molecule has 2 rings (SSSR count). The van der Waals surface area contributed by atoms with Crippen LogP contribution in [0.3, 0.4) is 0 Å². The minimum absolute atomic E-state index is 0.0460. The predicted molar refractivity (Wildman–Crippen MR) is 98.1 cm³/mol. The SMILES string of the molecule is CC(C)CC1CCCN1C(=O)NCC(CC(C)O)c1ccccc1.